The molecule has 2 aromatic rings. The molecule has 1 unspecified atom stereocenters. The third-order valence-corrected chi connectivity index (χ3v) is 4.15. The van der Waals surface area contributed by atoms with Crippen molar-refractivity contribution in [2.45, 2.75) is 18.9 Å². The van der Waals surface area contributed by atoms with Gasteiger partial charge in [-0.2, -0.15) is 16.7 Å². The van der Waals surface area contributed by atoms with Gasteiger partial charge in [0.2, 0.25) is 5.89 Å². The second-order valence-electron chi connectivity index (χ2n) is 4.57. The Morgan fingerprint density at radius 1 is 1.47 bits per heavy atom. The second kappa shape index (κ2) is 6.16. The quantitative estimate of drug-likeness (QED) is 0.908. The van der Waals surface area contributed by atoms with Crippen LogP contribution in [0.5, 0.6) is 0 Å². The number of hydrogen-bond acceptors (Lipinski definition) is 6. The van der Waals surface area contributed by atoms with Crippen LogP contribution in [0.2, 0.25) is 0 Å². The molecule has 100 valence electrons. The zero-order chi connectivity index (χ0) is 12.9. The van der Waals surface area contributed by atoms with E-state index in [-0.39, 0.29) is 0 Å². The number of pyridine rings is 1. The molecule has 1 aliphatic heterocycles. The molecule has 0 aromatic carbocycles. The van der Waals surface area contributed by atoms with Crippen LogP contribution in [0.25, 0.3) is 0 Å². The minimum Gasteiger partial charge on any atom is -0.339 e. The van der Waals surface area contributed by atoms with Gasteiger partial charge < -0.3 is 9.84 Å². The summed E-state index contributed by atoms with van der Waals surface area (Å²) >= 11 is 1.97. The Labute approximate surface area is 116 Å². The van der Waals surface area contributed by atoms with Gasteiger partial charge >= 0.3 is 0 Å². The molecule has 0 saturated carbocycles. The molecule has 3 rings (SSSR count). The van der Waals surface area contributed by atoms with Crippen LogP contribution in [-0.2, 0) is 12.8 Å². The number of aromatic nitrogens is 3. The maximum Gasteiger partial charge on any atom is 0.228 e. The molecule has 5 nitrogen and oxygen atoms in total. The summed E-state index contributed by atoms with van der Waals surface area (Å²) in [6.07, 6.45) is 5.07. The lowest BCUT2D eigenvalue weighted by Gasteiger charge is -2.21. The van der Waals surface area contributed by atoms with Gasteiger partial charge in [-0.05, 0) is 11.6 Å². The summed E-state index contributed by atoms with van der Waals surface area (Å²) in [4.78, 5) is 8.53. The van der Waals surface area contributed by atoms with Crippen LogP contribution in [0.15, 0.2) is 29.0 Å². The van der Waals surface area contributed by atoms with Crippen molar-refractivity contribution in [1.29, 1.82) is 0 Å². The molecule has 19 heavy (non-hydrogen) atoms. The van der Waals surface area contributed by atoms with Crippen molar-refractivity contribution in [3.05, 3.63) is 41.8 Å². The Hall–Kier alpha value is -1.40. The van der Waals surface area contributed by atoms with Crippen LogP contribution >= 0.6 is 11.8 Å². The van der Waals surface area contributed by atoms with E-state index in [9.17, 15) is 0 Å². The molecule has 2 aromatic heterocycles. The third-order valence-electron chi connectivity index (χ3n) is 3.01. The Bertz CT molecular complexity index is 510. The number of rotatable bonds is 4. The van der Waals surface area contributed by atoms with Crippen LogP contribution in [0, 0.1) is 0 Å². The first kappa shape index (κ1) is 12.6. The Kier molecular flexibility index (Phi) is 4.10. The van der Waals surface area contributed by atoms with Gasteiger partial charge in [-0.3, -0.25) is 4.98 Å². The van der Waals surface area contributed by atoms with Gasteiger partial charge in [0, 0.05) is 49.3 Å². The molecule has 0 bridgehead atoms. The molecule has 1 atom stereocenters. The average Bonchev–Trinajstić information content (AvgIpc) is 2.88. The Balaban J connectivity index is 1.59. The number of hydrogen-bond donors (Lipinski definition) is 1. The average molecular weight is 276 g/mol. The van der Waals surface area contributed by atoms with Gasteiger partial charge in [0.15, 0.2) is 5.82 Å². The molecule has 0 radical (unpaired) electrons. The Morgan fingerprint density at radius 2 is 2.47 bits per heavy atom. The van der Waals surface area contributed by atoms with Crippen molar-refractivity contribution >= 4 is 11.8 Å². The summed E-state index contributed by atoms with van der Waals surface area (Å²) in [6.45, 7) is 1.06. The van der Waals surface area contributed by atoms with E-state index in [1.807, 2.05) is 30.1 Å². The van der Waals surface area contributed by atoms with E-state index in [0.29, 0.717) is 12.5 Å². The summed E-state index contributed by atoms with van der Waals surface area (Å²) in [5, 5.41) is 7.50. The lowest BCUT2D eigenvalue weighted by atomic mass is 10.2. The molecule has 0 aliphatic carbocycles. The first-order valence-corrected chi connectivity index (χ1v) is 7.57. The van der Waals surface area contributed by atoms with Crippen molar-refractivity contribution in [2.24, 2.45) is 0 Å². The lowest BCUT2D eigenvalue weighted by molar-refractivity contribution is 0.359. The van der Waals surface area contributed by atoms with Crippen molar-refractivity contribution in [3.63, 3.8) is 0 Å². The van der Waals surface area contributed by atoms with Gasteiger partial charge in [0.1, 0.15) is 0 Å². The van der Waals surface area contributed by atoms with Crippen LogP contribution in [0.4, 0.5) is 0 Å². The molecule has 1 saturated heterocycles. The predicted molar refractivity (Wildman–Crippen MR) is 74.2 cm³/mol. The van der Waals surface area contributed by atoms with E-state index in [0.717, 1.165) is 36.0 Å². The topological polar surface area (TPSA) is 63.8 Å². The normalized spacial score (nSPS) is 19.5. The largest absolute Gasteiger partial charge is 0.339 e. The summed E-state index contributed by atoms with van der Waals surface area (Å²) in [5.74, 6) is 3.75. The van der Waals surface area contributed by atoms with E-state index in [1.165, 1.54) is 5.75 Å². The second-order valence-corrected chi connectivity index (χ2v) is 5.72. The van der Waals surface area contributed by atoms with Crippen LogP contribution in [-0.4, -0.2) is 39.2 Å². The highest BCUT2D eigenvalue weighted by molar-refractivity contribution is 7.99. The fraction of sp³-hybridized carbons (Fsp3) is 0.462. The van der Waals surface area contributed by atoms with Crippen LogP contribution < -0.4 is 5.32 Å². The first-order chi connectivity index (χ1) is 9.40. The summed E-state index contributed by atoms with van der Waals surface area (Å²) in [5.41, 5.74) is 1.10. The van der Waals surface area contributed by atoms with E-state index in [4.69, 9.17) is 4.52 Å². The monoisotopic (exact) mass is 276 g/mol. The molecular formula is C13H16N4OS. The maximum absolute atomic E-state index is 5.31. The van der Waals surface area contributed by atoms with Gasteiger partial charge in [-0.15, -0.1) is 0 Å². The van der Waals surface area contributed by atoms with Crippen molar-refractivity contribution in [3.8, 4) is 0 Å². The van der Waals surface area contributed by atoms with Crippen molar-refractivity contribution in [2.75, 3.05) is 18.1 Å². The van der Waals surface area contributed by atoms with E-state index < -0.39 is 0 Å². The van der Waals surface area contributed by atoms with E-state index in [1.54, 1.807) is 6.20 Å². The van der Waals surface area contributed by atoms with Gasteiger partial charge in [0.05, 0.1) is 0 Å². The number of thioether (sulfide) groups is 1. The lowest BCUT2D eigenvalue weighted by Crippen LogP contribution is -2.38. The summed E-state index contributed by atoms with van der Waals surface area (Å²) in [7, 11) is 0. The number of nitrogens with one attached hydrogen (secondary N) is 1. The van der Waals surface area contributed by atoms with Gasteiger partial charge in [0.25, 0.3) is 0 Å². The molecular weight excluding hydrogens is 260 g/mol. The molecule has 3 heterocycles. The Morgan fingerprint density at radius 3 is 3.26 bits per heavy atom. The molecule has 1 N–H and O–H groups in total. The molecule has 6 heteroatoms. The zero-order valence-corrected chi connectivity index (χ0v) is 11.4. The highest BCUT2D eigenvalue weighted by Gasteiger charge is 2.17. The standard InChI is InChI=1S/C13H16N4OS/c1-2-10(8-14-3-1)6-12-16-13(18-17-12)7-11-9-19-5-4-15-11/h1-3,8,11,15H,4-7,9H2. The molecule has 0 amide bonds. The van der Waals surface area contributed by atoms with E-state index >= 15 is 0 Å². The van der Waals surface area contributed by atoms with Crippen LogP contribution in [0.1, 0.15) is 17.3 Å². The fourth-order valence-electron chi connectivity index (χ4n) is 2.09. The minimum atomic E-state index is 0.449. The van der Waals surface area contributed by atoms with Crippen LogP contribution in [0.3, 0.4) is 0 Å². The third kappa shape index (κ3) is 3.54. The highest BCUT2D eigenvalue weighted by atomic mass is 32.2. The SMILES string of the molecule is c1cncc(Cc2noc(CC3CSCCN3)n2)c1. The van der Waals surface area contributed by atoms with Crippen molar-refractivity contribution < 1.29 is 4.52 Å². The summed E-state index contributed by atoms with van der Waals surface area (Å²) < 4.78 is 5.31. The highest BCUT2D eigenvalue weighted by Crippen LogP contribution is 2.12. The smallest absolute Gasteiger partial charge is 0.228 e. The van der Waals surface area contributed by atoms with Gasteiger partial charge in [-0.1, -0.05) is 11.2 Å². The van der Waals surface area contributed by atoms with E-state index in [2.05, 4.69) is 20.4 Å². The first-order valence-electron chi connectivity index (χ1n) is 6.41. The molecule has 0 spiro atoms. The minimum absolute atomic E-state index is 0.449. The van der Waals surface area contributed by atoms with Gasteiger partial charge in [-0.25, -0.2) is 0 Å². The molecule has 1 fully saturated rings. The number of nitrogens with zero attached hydrogens (tertiary/aromatic N) is 3. The van der Waals surface area contributed by atoms with Crippen molar-refractivity contribution in [1.82, 2.24) is 20.4 Å². The maximum atomic E-state index is 5.31. The molecule has 1 aliphatic rings. The summed E-state index contributed by atoms with van der Waals surface area (Å²) in [6, 6.07) is 4.38. The fourth-order valence-corrected chi connectivity index (χ4v) is 3.04. The zero-order valence-electron chi connectivity index (χ0n) is 10.6. The predicted octanol–water partition coefficient (Wildman–Crippen LogP) is 1.30.